The first kappa shape index (κ1) is 11.0. The number of rotatable bonds is 4. The summed E-state index contributed by atoms with van der Waals surface area (Å²) in [6, 6.07) is 1.95. The van der Waals surface area contributed by atoms with Gasteiger partial charge in [0.05, 0.1) is 6.07 Å². The van der Waals surface area contributed by atoms with Crippen LogP contribution < -0.4 is 0 Å². The highest BCUT2D eigenvalue weighted by Crippen LogP contribution is 2.07. The lowest BCUT2D eigenvalue weighted by Gasteiger charge is -2.17. The quantitative estimate of drug-likeness (QED) is 0.596. The van der Waals surface area contributed by atoms with Crippen molar-refractivity contribution in [1.29, 1.82) is 5.26 Å². The van der Waals surface area contributed by atoms with Crippen molar-refractivity contribution in [2.45, 2.75) is 26.7 Å². The summed E-state index contributed by atoms with van der Waals surface area (Å²) in [4.78, 5) is 12.9. The van der Waals surface area contributed by atoms with Gasteiger partial charge in [-0.2, -0.15) is 5.26 Å². The molecule has 3 heteroatoms. The molecule has 1 amide bonds. The number of hydrogen-bond acceptors (Lipinski definition) is 2. The minimum absolute atomic E-state index is 0.0494. The highest BCUT2D eigenvalue weighted by atomic mass is 16.2. The van der Waals surface area contributed by atoms with Crippen LogP contribution in [0, 0.1) is 17.2 Å². The Hall–Kier alpha value is -1.04. The molecule has 1 unspecified atom stereocenters. The zero-order valence-corrected chi connectivity index (χ0v) is 8.00. The normalized spacial score (nSPS) is 11.8. The van der Waals surface area contributed by atoms with E-state index < -0.39 is 0 Å². The number of nitriles is 1. The molecule has 0 saturated carbocycles. The van der Waals surface area contributed by atoms with Crippen LogP contribution in [0.5, 0.6) is 0 Å². The first-order valence-corrected chi connectivity index (χ1v) is 4.25. The molecule has 1 atom stereocenters. The van der Waals surface area contributed by atoms with Crippen molar-refractivity contribution in [2.24, 2.45) is 5.92 Å². The average molecular weight is 168 g/mol. The molecule has 0 bridgehead atoms. The van der Waals surface area contributed by atoms with Gasteiger partial charge in [0, 0.05) is 13.0 Å². The molecule has 0 heterocycles. The standard InChI is InChI=1S/C9H16N2O/c1-4-5-8(2)9(12)11(3)7-6-10/h8H,4-5,7H2,1-3H3. The molecule has 12 heavy (non-hydrogen) atoms. The molecule has 0 rings (SSSR count). The van der Waals surface area contributed by atoms with Crippen molar-refractivity contribution in [2.75, 3.05) is 13.6 Å². The van der Waals surface area contributed by atoms with Crippen LogP contribution in [-0.2, 0) is 4.79 Å². The van der Waals surface area contributed by atoms with Crippen molar-refractivity contribution >= 4 is 5.91 Å². The molecular weight excluding hydrogens is 152 g/mol. The zero-order chi connectivity index (χ0) is 9.56. The molecule has 0 spiro atoms. The molecule has 0 aromatic rings. The largest absolute Gasteiger partial charge is 0.332 e. The summed E-state index contributed by atoms with van der Waals surface area (Å²) in [5, 5.41) is 8.35. The monoisotopic (exact) mass is 168 g/mol. The lowest BCUT2D eigenvalue weighted by molar-refractivity contribution is -0.133. The Labute approximate surface area is 74.0 Å². The third-order valence-corrected chi connectivity index (χ3v) is 1.83. The molecule has 0 aromatic carbocycles. The molecule has 68 valence electrons. The molecular formula is C9H16N2O. The van der Waals surface area contributed by atoms with Gasteiger partial charge >= 0.3 is 0 Å². The summed E-state index contributed by atoms with van der Waals surface area (Å²) in [6.07, 6.45) is 1.90. The lowest BCUT2D eigenvalue weighted by Crippen LogP contribution is -2.31. The van der Waals surface area contributed by atoms with E-state index in [0.717, 1.165) is 12.8 Å². The van der Waals surface area contributed by atoms with Crippen molar-refractivity contribution < 1.29 is 4.79 Å². The zero-order valence-electron chi connectivity index (χ0n) is 8.00. The second-order valence-electron chi connectivity index (χ2n) is 3.04. The van der Waals surface area contributed by atoms with Crippen LogP contribution in [-0.4, -0.2) is 24.4 Å². The van der Waals surface area contributed by atoms with Crippen LogP contribution in [0.3, 0.4) is 0 Å². The van der Waals surface area contributed by atoms with E-state index >= 15 is 0 Å². The third-order valence-electron chi connectivity index (χ3n) is 1.83. The first-order chi connectivity index (χ1) is 5.63. The maximum atomic E-state index is 11.4. The second-order valence-corrected chi connectivity index (χ2v) is 3.04. The van der Waals surface area contributed by atoms with Crippen molar-refractivity contribution in [1.82, 2.24) is 4.90 Å². The number of hydrogen-bond donors (Lipinski definition) is 0. The van der Waals surface area contributed by atoms with Gasteiger partial charge in [0.15, 0.2) is 0 Å². The van der Waals surface area contributed by atoms with E-state index in [0.29, 0.717) is 0 Å². The highest BCUT2D eigenvalue weighted by Gasteiger charge is 2.15. The first-order valence-electron chi connectivity index (χ1n) is 4.25. The number of amides is 1. The van der Waals surface area contributed by atoms with Crippen LogP contribution in [0.4, 0.5) is 0 Å². The lowest BCUT2D eigenvalue weighted by atomic mass is 10.1. The molecule has 0 saturated heterocycles. The van der Waals surface area contributed by atoms with Crippen LogP contribution in [0.1, 0.15) is 26.7 Å². The summed E-state index contributed by atoms with van der Waals surface area (Å²) in [5.74, 6) is 0.117. The maximum absolute atomic E-state index is 11.4. The Balaban J connectivity index is 3.93. The number of carbonyl (C=O) groups is 1. The van der Waals surface area contributed by atoms with E-state index in [1.807, 2.05) is 19.9 Å². The van der Waals surface area contributed by atoms with Gasteiger partial charge in [-0.05, 0) is 6.42 Å². The van der Waals surface area contributed by atoms with Crippen molar-refractivity contribution in [3.8, 4) is 6.07 Å². The molecule has 0 radical (unpaired) electrons. The van der Waals surface area contributed by atoms with Gasteiger partial charge in [-0.3, -0.25) is 4.79 Å². The highest BCUT2D eigenvalue weighted by molar-refractivity contribution is 5.78. The fraction of sp³-hybridized carbons (Fsp3) is 0.778. The Morgan fingerprint density at radius 2 is 2.25 bits per heavy atom. The molecule has 0 fully saturated rings. The molecule has 0 aliphatic carbocycles. The van der Waals surface area contributed by atoms with Crippen LogP contribution in [0.15, 0.2) is 0 Å². The molecule has 0 aliphatic rings. The molecule has 0 aliphatic heterocycles. The summed E-state index contributed by atoms with van der Waals surface area (Å²) >= 11 is 0. The molecule has 3 nitrogen and oxygen atoms in total. The van der Waals surface area contributed by atoms with Gasteiger partial charge in [0.1, 0.15) is 6.54 Å². The summed E-state index contributed by atoms with van der Waals surface area (Å²) in [6.45, 7) is 4.14. The van der Waals surface area contributed by atoms with Gasteiger partial charge in [0.25, 0.3) is 0 Å². The van der Waals surface area contributed by atoms with E-state index in [4.69, 9.17) is 5.26 Å². The summed E-state index contributed by atoms with van der Waals surface area (Å²) in [5.41, 5.74) is 0. The Morgan fingerprint density at radius 3 is 2.67 bits per heavy atom. The van der Waals surface area contributed by atoms with Gasteiger partial charge in [-0.15, -0.1) is 0 Å². The van der Waals surface area contributed by atoms with Gasteiger partial charge in [-0.1, -0.05) is 20.3 Å². The number of carbonyl (C=O) groups excluding carboxylic acids is 1. The minimum atomic E-state index is 0.0494. The van der Waals surface area contributed by atoms with Crippen LogP contribution in [0.25, 0.3) is 0 Å². The van der Waals surface area contributed by atoms with E-state index in [2.05, 4.69) is 0 Å². The SMILES string of the molecule is CCCC(C)C(=O)N(C)CC#N. The smallest absolute Gasteiger partial charge is 0.225 e. The maximum Gasteiger partial charge on any atom is 0.225 e. The Morgan fingerprint density at radius 1 is 1.67 bits per heavy atom. The van der Waals surface area contributed by atoms with Crippen molar-refractivity contribution in [3.05, 3.63) is 0 Å². The van der Waals surface area contributed by atoms with Crippen molar-refractivity contribution in [3.63, 3.8) is 0 Å². The average Bonchev–Trinajstić information content (AvgIpc) is 2.04. The number of nitrogens with zero attached hydrogens (tertiary/aromatic N) is 2. The van der Waals surface area contributed by atoms with Crippen LogP contribution in [0.2, 0.25) is 0 Å². The predicted molar refractivity (Wildman–Crippen MR) is 47.3 cm³/mol. The van der Waals surface area contributed by atoms with Gasteiger partial charge in [-0.25, -0.2) is 0 Å². The molecule has 0 aromatic heterocycles. The summed E-state index contributed by atoms with van der Waals surface area (Å²) < 4.78 is 0. The topological polar surface area (TPSA) is 44.1 Å². The van der Waals surface area contributed by atoms with E-state index in [1.54, 1.807) is 7.05 Å². The second kappa shape index (κ2) is 5.59. The Bertz CT molecular complexity index is 183. The van der Waals surface area contributed by atoms with E-state index in [-0.39, 0.29) is 18.4 Å². The minimum Gasteiger partial charge on any atom is -0.332 e. The molecule has 0 N–H and O–H groups in total. The summed E-state index contributed by atoms with van der Waals surface area (Å²) in [7, 11) is 1.66. The van der Waals surface area contributed by atoms with E-state index in [1.165, 1.54) is 4.90 Å². The van der Waals surface area contributed by atoms with Gasteiger partial charge < -0.3 is 4.90 Å². The predicted octanol–water partition coefficient (Wildman–Crippen LogP) is 1.40. The fourth-order valence-corrected chi connectivity index (χ4v) is 1.12. The van der Waals surface area contributed by atoms with Gasteiger partial charge in [0.2, 0.25) is 5.91 Å². The fourth-order valence-electron chi connectivity index (χ4n) is 1.12. The Kier molecular flexibility index (Phi) is 5.11. The van der Waals surface area contributed by atoms with Crippen LogP contribution >= 0.6 is 0 Å². The van der Waals surface area contributed by atoms with E-state index in [9.17, 15) is 4.79 Å². The third kappa shape index (κ3) is 3.38.